The topological polar surface area (TPSA) is 77.0 Å². The SMILES string of the molecule is Nc1ccc(Cc2nc3n(n2)CCCC3O)cc1. The molecule has 5 heteroatoms. The molecule has 94 valence electrons. The van der Waals surface area contributed by atoms with Crippen LogP contribution in [0.1, 0.15) is 36.2 Å². The second kappa shape index (κ2) is 4.42. The predicted molar refractivity (Wildman–Crippen MR) is 67.9 cm³/mol. The Bertz CT molecular complexity index is 547. The van der Waals surface area contributed by atoms with Crippen molar-refractivity contribution < 1.29 is 5.11 Å². The zero-order chi connectivity index (χ0) is 12.5. The maximum absolute atomic E-state index is 9.84. The lowest BCUT2D eigenvalue weighted by molar-refractivity contribution is 0.130. The van der Waals surface area contributed by atoms with Gasteiger partial charge in [-0.3, -0.25) is 0 Å². The summed E-state index contributed by atoms with van der Waals surface area (Å²) < 4.78 is 1.82. The lowest BCUT2D eigenvalue weighted by Gasteiger charge is -2.16. The number of fused-ring (bicyclic) bond motifs is 1. The normalized spacial score (nSPS) is 18.6. The molecule has 0 radical (unpaired) electrons. The van der Waals surface area contributed by atoms with E-state index in [1.54, 1.807) is 0 Å². The van der Waals surface area contributed by atoms with Crippen LogP contribution >= 0.6 is 0 Å². The van der Waals surface area contributed by atoms with E-state index in [2.05, 4.69) is 10.1 Å². The van der Waals surface area contributed by atoms with Gasteiger partial charge in [-0.2, -0.15) is 5.10 Å². The van der Waals surface area contributed by atoms with Gasteiger partial charge >= 0.3 is 0 Å². The smallest absolute Gasteiger partial charge is 0.156 e. The first-order valence-corrected chi connectivity index (χ1v) is 6.18. The molecule has 5 nitrogen and oxygen atoms in total. The van der Waals surface area contributed by atoms with E-state index < -0.39 is 6.10 Å². The average molecular weight is 244 g/mol. The zero-order valence-corrected chi connectivity index (χ0v) is 10.1. The van der Waals surface area contributed by atoms with Crippen LogP contribution < -0.4 is 5.73 Å². The molecule has 0 spiro atoms. The van der Waals surface area contributed by atoms with Crippen molar-refractivity contribution in [3.05, 3.63) is 41.5 Å². The summed E-state index contributed by atoms with van der Waals surface area (Å²) in [6.07, 6.45) is 1.94. The molecule has 3 N–H and O–H groups in total. The second-order valence-corrected chi connectivity index (χ2v) is 4.69. The minimum Gasteiger partial charge on any atom is -0.399 e. The van der Waals surface area contributed by atoms with Crippen molar-refractivity contribution in [3.8, 4) is 0 Å². The van der Waals surface area contributed by atoms with Gasteiger partial charge in [0.1, 0.15) is 6.10 Å². The van der Waals surface area contributed by atoms with Crippen LogP contribution in [0.4, 0.5) is 5.69 Å². The molecule has 0 saturated heterocycles. The largest absolute Gasteiger partial charge is 0.399 e. The Morgan fingerprint density at radius 2 is 2.11 bits per heavy atom. The maximum atomic E-state index is 9.84. The fourth-order valence-corrected chi connectivity index (χ4v) is 2.27. The number of aromatic nitrogens is 3. The number of benzene rings is 1. The summed E-state index contributed by atoms with van der Waals surface area (Å²) in [5.41, 5.74) is 7.53. The van der Waals surface area contributed by atoms with Crippen molar-refractivity contribution in [1.82, 2.24) is 14.8 Å². The van der Waals surface area contributed by atoms with Gasteiger partial charge in [0.2, 0.25) is 0 Å². The lowest BCUT2D eigenvalue weighted by Crippen LogP contribution is -2.16. The number of aryl methyl sites for hydroxylation is 1. The quantitative estimate of drug-likeness (QED) is 0.780. The fraction of sp³-hybridized carbons (Fsp3) is 0.385. The van der Waals surface area contributed by atoms with E-state index in [0.717, 1.165) is 36.5 Å². The Kier molecular flexibility index (Phi) is 2.76. The number of rotatable bonds is 2. The molecule has 0 amide bonds. The van der Waals surface area contributed by atoms with Crippen molar-refractivity contribution in [1.29, 1.82) is 0 Å². The van der Waals surface area contributed by atoms with Gasteiger partial charge in [0.05, 0.1) is 0 Å². The minimum absolute atomic E-state index is 0.466. The highest BCUT2D eigenvalue weighted by molar-refractivity contribution is 5.39. The predicted octanol–water partition coefficient (Wildman–Crippen LogP) is 1.28. The summed E-state index contributed by atoms with van der Waals surface area (Å²) >= 11 is 0. The summed E-state index contributed by atoms with van der Waals surface area (Å²) in [5, 5.41) is 14.3. The highest BCUT2D eigenvalue weighted by Crippen LogP contribution is 2.23. The molecular weight excluding hydrogens is 228 g/mol. The molecule has 1 aromatic carbocycles. The number of aliphatic hydroxyl groups is 1. The van der Waals surface area contributed by atoms with Crippen LogP contribution in [0.5, 0.6) is 0 Å². The van der Waals surface area contributed by atoms with Gasteiger partial charge in [0.25, 0.3) is 0 Å². The van der Waals surface area contributed by atoms with Gasteiger partial charge in [0.15, 0.2) is 11.6 Å². The van der Waals surface area contributed by atoms with E-state index in [1.807, 2.05) is 28.9 Å². The van der Waals surface area contributed by atoms with Gasteiger partial charge in [0, 0.05) is 18.7 Å². The lowest BCUT2D eigenvalue weighted by atomic mass is 10.1. The van der Waals surface area contributed by atoms with E-state index in [0.29, 0.717) is 12.2 Å². The molecule has 1 aromatic heterocycles. The standard InChI is InChI=1S/C13H16N4O/c14-10-5-3-9(4-6-10)8-12-15-13-11(18)2-1-7-17(13)16-12/h3-6,11,18H,1-2,7-8,14H2. The first-order valence-electron chi connectivity index (χ1n) is 6.18. The monoisotopic (exact) mass is 244 g/mol. The van der Waals surface area contributed by atoms with Gasteiger partial charge < -0.3 is 10.8 Å². The molecule has 0 saturated carbocycles. The van der Waals surface area contributed by atoms with Crippen molar-refractivity contribution in [2.24, 2.45) is 0 Å². The molecule has 1 atom stereocenters. The number of hydrogen-bond donors (Lipinski definition) is 2. The fourth-order valence-electron chi connectivity index (χ4n) is 2.27. The molecule has 0 aliphatic carbocycles. The number of hydrogen-bond acceptors (Lipinski definition) is 4. The molecule has 1 aliphatic rings. The van der Waals surface area contributed by atoms with Crippen LogP contribution in [0.2, 0.25) is 0 Å². The average Bonchev–Trinajstić information content (AvgIpc) is 2.76. The molecule has 1 aliphatic heterocycles. The zero-order valence-electron chi connectivity index (χ0n) is 10.1. The molecule has 3 rings (SSSR count). The van der Waals surface area contributed by atoms with Gasteiger partial charge in [-0.15, -0.1) is 0 Å². The Hall–Kier alpha value is -1.88. The molecule has 2 heterocycles. The van der Waals surface area contributed by atoms with Crippen LogP contribution in [0.25, 0.3) is 0 Å². The summed E-state index contributed by atoms with van der Waals surface area (Å²) in [5.74, 6) is 1.46. The van der Waals surface area contributed by atoms with E-state index in [1.165, 1.54) is 0 Å². The Balaban J connectivity index is 1.83. The van der Waals surface area contributed by atoms with E-state index in [9.17, 15) is 5.11 Å². The van der Waals surface area contributed by atoms with E-state index in [-0.39, 0.29) is 0 Å². The number of aliphatic hydroxyl groups excluding tert-OH is 1. The molecule has 1 unspecified atom stereocenters. The third-order valence-corrected chi connectivity index (χ3v) is 3.23. The van der Waals surface area contributed by atoms with Gasteiger partial charge in [-0.25, -0.2) is 9.67 Å². The summed E-state index contributed by atoms with van der Waals surface area (Å²) in [6, 6.07) is 7.71. The third kappa shape index (κ3) is 2.09. The molecular formula is C13H16N4O. The molecule has 0 fully saturated rings. The minimum atomic E-state index is -0.466. The first-order chi connectivity index (χ1) is 8.72. The first kappa shape index (κ1) is 11.2. The Morgan fingerprint density at radius 1 is 1.33 bits per heavy atom. The van der Waals surface area contributed by atoms with Crippen LogP contribution in [0, 0.1) is 0 Å². The number of anilines is 1. The summed E-state index contributed by atoms with van der Waals surface area (Å²) in [4.78, 5) is 4.42. The molecule has 2 aromatic rings. The highest BCUT2D eigenvalue weighted by atomic mass is 16.3. The third-order valence-electron chi connectivity index (χ3n) is 3.23. The van der Waals surface area contributed by atoms with E-state index >= 15 is 0 Å². The van der Waals surface area contributed by atoms with Gasteiger partial charge in [-0.1, -0.05) is 12.1 Å². The number of nitrogens with two attached hydrogens (primary N) is 1. The molecule has 18 heavy (non-hydrogen) atoms. The van der Waals surface area contributed by atoms with Crippen molar-refractivity contribution >= 4 is 5.69 Å². The number of nitrogen functional groups attached to an aromatic ring is 1. The van der Waals surface area contributed by atoms with Crippen molar-refractivity contribution in [2.75, 3.05) is 5.73 Å². The highest BCUT2D eigenvalue weighted by Gasteiger charge is 2.21. The van der Waals surface area contributed by atoms with Crippen molar-refractivity contribution in [2.45, 2.75) is 31.9 Å². The number of nitrogens with zero attached hydrogens (tertiary/aromatic N) is 3. The Morgan fingerprint density at radius 3 is 2.83 bits per heavy atom. The molecule has 0 bridgehead atoms. The van der Waals surface area contributed by atoms with Crippen LogP contribution in [-0.4, -0.2) is 19.9 Å². The summed E-state index contributed by atoms with van der Waals surface area (Å²) in [7, 11) is 0. The maximum Gasteiger partial charge on any atom is 0.156 e. The van der Waals surface area contributed by atoms with Crippen molar-refractivity contribution in [3.63, 3.8) is 0 Å². The van der Waals surface area contributed by atoms with Gasteiger partial charge in [-0.05, 0) is 30.5 Å². The summed E-state index contributed by atoms with van der Waals surface area (Å²) in [6.45, 7) is 0.848. The van der Waals surface area contributed by atoms with Crippen LogP contribution in [0.15, 0.2) is 24.3 Å². The Labute approximate surface area is 105 Å². The second-order valence-electron chi connectivity index (χ2n) is 4.69. The van der Waals surface area contributed by atoms with Crippen LogP contribution in [0.3, 0.4) is 0 Å². The van der Waals surface area contributed by atoms with Crippen LogP contribution in [-0.2, 0) is 13.0 Å². The van der Waals surface area contributed by atoms with E-state index in [4.69, 9.17) is 5.73 Å².